The minimum atomic E-state index is -1.55. The van der Waals surface area contributed by atoms with Gasteiger partial charge in [0.1, 0.15) is 5.75 Å². The zero-order chi connectivity index (χ0) is 16.4. The summed E-state index contributed by atoms with van der Waals surface area (Å²) in [6.45, 7) is 2.35. The van der Waals surface area contributed by atoms with Crippen LogP contribution in [0.2, 0.25) is 5.02 Å². The lowest BCUT2D eigenvalue weighted by atomic mass is 9.84. The molecular formula is C16H13ClN4O2. The topological polar surface area (TPSA) is 87.1 Å². The summed E-state index contributed by atoms with van der Waals surface area (Å²) in [7, 11) is 0. The van der Waals surface area contributed by atoms with Crippen molar-refractivity contribution in [1.29, 1.82) is 0 Å². The molecule has 0 radical (unpaired) electrons. The third-order valence-electron chi connectivity index (χ3n) is 3.73. The van der Waals surface area contributed by atoms with Gasteiger partial charge in [-0.25, -0.2) is 0 Å². The molecule has 0 bridgehead atoms. The number of carbonyl (C=O) groups is 1. The highest BCUT2D eigenvalue weighted by molar-refractivity contribution is 6.32. The quantitative estimate of drug-likeness (QED) is 0.516. The highest BCUT2D eigenvalue weighted by Crippen LogP contribution is 2.47. The number of benzene rings is 2. The maximum atomic E-state index is 12.7. The molecule has 3 rings (SSSR count). The number of carbonyl (C=O) groups excluding carboxylic acids is 1. The molecule has 23 heavy (non-hydrogen) atoms. The van der Waals surface area contributed by atoms with Gasteiger partial charge in [-0.05, 0) is 42.3 Å². The van der Waals surface area contributed by atoms with E-state index in [1.165, 1.54) is 0 Å². The molecule has 0 saturated carbocycles. The summed E-state index contributed by atoms with van der Waals surface area (Å²) in [5.74, 6) is 0.152. The van der Waals surface area contributed by atoms with E-state index in [9.17, 15) is 4.79 Å². The summed E-state index contributed by atoms with van der Waals surface area (Å²) in [4.78, 5) is 15.6. The van der Waals surface area contributed by atoms with Crippen LogP contribution in [0, 0.1) is 0 Å². The first kappa shape index (κ1) is 15.2. The fourth-order valence-corrected chi connectivity index (χ4v) is 3.04. The summed E-state index contributed by atoms with van der Waals surface area (Å²) < 4.78 is 5.50. The molecule has 1 aliphatic heterocycles. The second kappa shape index (κ2) is 5.83. The van der Waals surface area contributed by atoms with Crippen LogP contribution in [0.5, 0.6) is 5.75 Å². The van der Waals surface area contributed by atoms with Crippen molar-refractivity contribution in [3.8, 4) is 5.75 Å². The minimum Gasteiger partial charge on any atom is -0.494 e. The number of amides is 1. The number of hydrogen-bond acceptors (Lipinski definition) is 3. The molecule has 0 saturated heterocycles. The molecule has 1 N–H and O–H groups in total. The fraction of sp³-hybridized carbons (Fsp3) is 0.188. The van der Waals surface area contributed by atoms with Gasteiger partial charge in [0.15, 0.2) is 5.54 Å². The van der Waals surface area contributed by atoms with E-state index in [4.69, 9.17) is 21.9 Å². The average Bonchev–Trinajstić information content (AvgIpc) is 2.81. The standard InChI is InChI=1S/C16H13ClN4O2/c1-2-23-10-7-8-14-12(9-10)16(20-21-18,15(22)19-14)11-5-3-4-6-13(11)17/h3-9H,2H2,1H3,(H,19,22). The van der Waals surface area contributed by atoms with Crippen molar-refractivity contribution >= 4 is 23.2 Å². The number of nitrogens with one attached hydrogen (secondary N) is 1. The molecule has 0 aliphatic carbocycles. The second-order valence-electron chi connectivity index (χ2n) is 4.97. The molecule has 1 heterocycles. The van der Waals surface area contributed by atoms with Crippen molar-refractivity contribution in [1.82, 2.24) is 0 Å². The minimum absolute atomic E-state index is 0.352. The number of nitrogens with zero attached hydrogens (tertiary/aromatic N) is 3. The number of fused-ring (bicyclic) bond motifs is 1. The first-order chi connectivity index (χ1) is 11.1. The van der Waals surface area contributed by atoms with Gasteiger partial charge in [-0.15, -0.1) is 0 Å². The largest absolute Gasteiger partial charge is 0.494 e. The summed E-state index contributed by atoms with van der Waals surface area (Å²) in [5.41, 5.74) is 9.05. The molecule has 0 spiro atoms. The molecule has 7 heteroatoms. The Morgan fingerprint density at radius 1 is 1.30 bits per heavy atom. The summed E-state index contributed by atoms with van der Waals surface area (Å²) in [6.07, 6.45) is 0. The Hall–Kier alpha value is -2.69. The van der Waals surface area contributed by atoms with Crippen molar-refractivity contribution in [2.75, 3.05) is 11.9 Å². The zero-order valence-corrected chi connectivity index (χ0v) is 13.0. The molecule has 2 aromatic carbocycles. The molecule has 1 atom stereocenters. The predicted octanol–water partition coefficient (Wildman–Crippen LogP) is 4.24. The summed E-state index contributed by atoms with van der Waals surface area (Å²) in [5, 5.41) is 6.94. The monoisotopic (exact) mass is 328 g/mol. The van der Waals surface area contributed by atoms with Gasteiger partial charge in [-0.3, -0.25) is 4.79 Å². The molecule has 1 aliphatic rings. The predicted molar refractivity (Wildman–Crippen MR) is 87.6 cm³/mol. The highest BCUT2D eigenvalue weighted by Gasteiger charge is 2.49. The molecular weight excluding hydrogens is 316 g/mol. The lowest BCUT2D eigenvalue weighted by Crippen LogP contribution is -2.33. The normalized spacial score (nSPS) is 18.8. The maximum absolute atomic E-state index is 12.7. The Morgan fingerprint density at radius 2 is 2.09 bits per heavy atom. The lowest BCUT2D eigenvalue weighted by molar-refractivity contribution is -0.119. The zero-order valence-electron chi connectivity index (χ0n) is 12.3. The number of rotatable bonds is 4. The van der Waals surface area contributed by atoms with Crippen LogP contribution in [0.4, 0.5) is 5.69 Å². The van der Waals surface area contributed by atoms with E-state index in [0.717, 1.165) is 0 Å². The Balaban J connectivity index is 2.31. The SMILES string of the molecule is CCOc1ccc2c(c1)C(N=[N+]=[N-])(c1ccccc1Cl)C(=O)N2. The summed E-state index contributed by atoms with van der Waals surface area (Å²) >= 11 is 6.27. The second-order valence-corrected chi connectivity index (χ2v) is 5.38. The van der Waals surface area contributed by atoms with Gasteiger partial charge in [-0.1, -0.05) is 34.9 Å². The van der Waals surface area contributed by atoms with E-state index < -0.39 is 11.4 Å². The van der Waals surface area contributed by atoms with Gasteiger partial charge in [0, 0.05) is 21.2 Å². The van der Waals surface area contributed by atoms with Crippen LogP contribution >= 0.6 is 11.6 Å². The molecule has 0 fully saturated rings. The van der Waals surface area contributed by atoms with Crippen LogP contribution in [0.25, 0.3) is 10.4 Å². The first-order valence-corrected chi connectivity index (χ1v) is 7.41. The molecule has 0 aromatic heterocycles. The smallest absolute Gasteiger partial charge is 0.245 e. The van der Waals surface area contributed by atoms with Crippen LogP contribution in [0.1, 0.15) is 18.1 Å². The van der Waals surface area contributed by atoms with Crippen LogP contribution in [-0.4, -0.2) is 12.5 Å². The van der Waals surface area contributed by atoms with Crippen molar-refractivity contribution in [3.63, 3.8) is 0 Å². The van der Waals surface area contributed by atoms with Gasteiger partial charge in [0.05, 0.1) is 6.61 Å². The number of halogens is 1. The number of hydrogen-bond donors (Lipinski definition) is 1. The van der Waals surface area contributed by atoms with Crippen LogP contribution < -0.4 is 10.1 Å². The molecule has 1 amide bonds. The Labute approximate surface area is 137 Å². The van der Waals surface area contributed by atoms with Crippen LogP contribution in [0.3, 0.4) is 0 Å². The van der Waals surface area contributed by atoms with Gasteiger partial charge >= 0.3 is 0 Å². The summed E-state index contributed by atoms with van der Waals surface area (Å²) in [6, 6.07) is 12.0. The van der Waals surface area contributed by atoms with Gasteiger partial charge in [0.25, 0.3) is 0 Å². The maximum Gasteiger partial charge on any atom is 0.245 e. The molecule has 1 unspecified atom stereocenters. The molecule has 6 nitrogen and oxygen atoms in total. The van der Waals surface area contributed by atoms with E-state index >= 15 is 0 Å². The number of azide groups is 1. The first-order valence-electron chi connectivity index (χ1n) is 7.03. The highest BCUT2D eigenvalue weighted by atomic mass is 35.5. The van der Waals surface area contributed by atoms with Crippen LogP contribution in [-0.2, 0) is 10.3 Å². The Morgan fingerprint density at radius 3 is 2.78 bits per heavy atom. The average molecular weight is 329 g/mol. The van der Waals surface area contributed by atoms with Crippen molar-refractivity contribution in [2.24, 2.45) is 5.11 Å². The van der Waals surface area contributed by atoms with Crippen LogP contribution in [0.15, 0.2) is 47.6 Å². The fourth-order valence-electron chi connectivity index (χ4n) is 2.77. The van der Waals surface area contributed by atoms with Crippen molar-refractivity contribution in [2.45, 2.75) is 12.5 Å². The van der Waals surface area contributed by atoms with E-state index in [1.807, 2.05) is 6.92 Å². The van der Waals surface area contributed by atoms with Gasteiger partial charge in [-0.2, -0.15) is 0 Å². The van der Waals surface area contributed by atoms with E-state index in [1.54, 1.807) is 42.5 Å². The van der Waals surface area contributed by atoms with E-state index in [2.05, 4.69) is 15.3 Å². The third kappa shape index (κ3) is 2.29. The third-order valence-corrected chi connectivity index (χ3v) is 4.06. The Bertz CT molecular complexity index is 833. The van der Waals surface area contributed by atoms with Gasteiger partial charge < -0.3 is 10.1 Å². The lowest BCUT2D eigenvalue weighted by Gasteiger charge is -2.23. The van der Waals surface area contributed by atoms with Crippen molar-refractivity contribution in [3.05, 3.63) is 69.1 Å². The van der Waals surface area contributed by atoms with Crippen molar-refractivity contribution < 1.29 is 9.53 Å². The van der Waals surface area contributed by atoms with Gasteiger partial charge in [0.2, 0.25) is 5.91 Å². The number of anilines is 1. The molecule has 116 valence electrons. The molecule has 2 aromatic rings. The number of ether oxygens (including phenoxy) is 1. The Kier molecular flexibility index (Phi) is 3.86. The van der Waals surface area contributed by atoms with E-state index in [0.29, 0.717) is 34.2 Å². The van der Waals surface area contributed by atoms with E-state index in [-0.39, 0.29) is 0 Å².